The maximum Gasteiger partial charge on any atom is 0.242 e. The van der Waals surface area contributed by atoms with Crippen molar-refractivity contribution in [3.05, 3.63) is 0 Å². The quantitative estimate of drug-likeness (QED) is 0.736. The van der Waals surface area contributed by atoms with E-state index in [9.17, 15) is 9.59 Å². The summed E-state index contributed by atoms with van der Waals surface area (Å²) in [6.07, 6.45) is 0.718. The van der Waals surface area contributed by atoms with Crippen molar-refractivity contribution >= 4 is 11.8 Å². The number of likely N-dealkylation sites (N-methyl/N-ethyl adjacent to an activating group) is 1. The monoisotopic (exact) mass is 269 g/mol. The third-order valence-corrected chi connectivity index (χ3v) is 3.91. The number of nitrogens with one attached hydrogen (secondary N) is 1. The van der Waals surface area contributed by atoms with Crippen LogP contribution in [0.2, 0.25) is 0 Å². The lowest BCUT2D eigenvalue weighted by Crippen LogP contribution is -2.50. The number of amides is 2. The Labute approximate surface area is 114 Å². The molecule has 0 aromatic rings. The minimum absolute atomic E-state index is 0.0217. The number of hydrogen-bond acceptors (Lipinski definition) is 4. The molecule has 108 valence electrons. The summed E-state index contributed by atoms with van der Waals surface area (Å²) >= 11 is 0. The van der Waals surface area contributed by atoms with Crippen LogP contribution in [0.5, 0.6) is 0 Å². The highest BCUT2D eigenvalue weighted by Gasteiger charge is 2.33. The van der Waals surface area contributed by atoms with Gasteiger partial charge in [0.2, 0.25) is 11.8 Å². The van der Waals surface area contributed by atoms with Crippen molar-refractivity contribution < 1.29 is 14.3 Å². The van der Waals surface area contributed by atoms with Gasteiger partial charge in [-0.2, -0.15) is 0 Å². The van der Waals surface area contributed by atoms with Gasteiger partial charge in [0.25, 0.3) is 0 Å². The summed E-state index contributed by atoms with van der Waals surface area (Å²) in [5.74, 6) is -0.0433. The standard InChI is InChI=1S/C13H23N3O3/c1-10-11(3-8-19-10)13(18)15(2)9-12(17)16-6-4-14-5-7-16/h10-11,14H,3-9H2,1-2H3. The molecule has 2 amide bonds. The number of rotatable bonds is 3. The Morgan fingerprint density at radius 1 is 1.37 bits per heavy atom. The highest BCUT2D eigenvalue weighted by atomic mass is 16.5. The Bertz CT molecular complexity index is 342. The van der Waals surface area contributed by atoms with Crippen molar-refractivity contribution in [2.24, 2.45) is 5.92 Å². The highest BCUT2D eigenvalue weighted by Crippen LogP contribution is 2.22. The Morgan fingerprint density at radius 2 is 2.05 bits per heavy atom. The van der Waals surface area contributed by atoms with Gasteiger partial charge in [-0.15, -0.1) is 0 Å². The molecule has 19 heavy (non-hydrogen) atoms. The van der Waals surface area contributed by atoms with E-state index in [0.717, 1.165) is 32.6 Å². The first-order valence-corrected chi connectivity index (χ1v) is 6.94. The predicted molar refractivity (Wildman–Crippen MR) is 70.6 cm³/mol. The molecule has 0 aromatic heterocycles. The summed E-state index contributed by atoms with van der Waals surface area (Å²) in [4.78, 5) is 27.7. The molecule has 2 aliphatic heterocycles. The van der Waals surface area contributed by atoms with Crippen molar-refractivity contribution in [3.8, 4) is 0 Å². The zero-order chi connectivity index (χ0) is 13.8. The molecule has 0 radical (unpaired) electrons. The van der Waals surface area contributed by atoms with Crippen LogP contribution in [0.25, 0.3) is 0 Å². The van der Waals surface area contributed by atoms with Gasteiger partial charge in [0.05, 0.1) is 18.6 Å². The second kappa shape index (κ2) is 6.34. The van der Waals surface area contributed by atoms with Crippen molar-refractivity contribution in [1.82, 2.24) is 15.1 Å². The molecule has 1 N–H and O–H groups in total. The third kappa shape index (κ3) is 3.45. The van der Waals surface area contributed by atoms with Crippen LogP contribution < -0.4 is 5.32 Å². The van der Waals surface area contributed by atoms with Gasteiger partial charge in [-0.05, 0) is 13.3 Å². The maximum absolute atomic E-state index is 12.2. The van der Waals surface area contributed by atoms with E-state index in [1.807, 2.05) is 11.8 Å². The number of ether oxygens (including phenoxy) is 1. The van der Waals surface area contributed by atoms with E-state index in [1.54, 1.807) is 11.9 Å². The molecule has 0 aliphatic carbocycles. The molecule has 0 saturated carbocycles. The normalized spacial score (nSPS) is 27.4. The van der Waals surface area contributed by atoms with Crippen molar-refractivity contribution in [2.45, 2.75) is 19.4 Å². The van der Waals surface area contributed by atoms with Gasteiger partial charge in [0.1, 0.15) is 0 Å². The van der Waals surface area contributed by atoms with Crippen molar-refractivity contribution in [3.63, 3.8) is 0 Å². The molecule has 6 nitrogen and oxygen atoms in total. The van der Waals surface area contributed by atoms with Crippen LogP contribution in [0.4, 0.5) is 0 Å². The molecule has 6 heteroatoms. The molecular weight excluding hydrogens is 246 g/mol. The first kappa shape index (κ1) is 14.3. The van der Waals surface area contributed by atoms with Gasteiger partial charge >= 0.3 is 0 Å². The van der Waals surface area contributed by atoms with Crippen molar-refractivity contribution in [1.29, 1.82) is 0 Å². The SMILES string of the molecule is CC1OCCC1C(=O)N(C)CC(=O)N1CCNCC1. The molecule has 0 spiro atoms. The fourth-order valence-corrected chi connectivity index (χ4v) is 2.63. The van der Waals surface area contributed by atoms with E-state index in [-0.39, 0.29) is 30.4 Å². The number of carbonyl (C=O) groups excluding carboxylic acids is 2. The average Bonchev–Trinajstić information content (AvgIpc) is 2.85. The van der Waals surface area contributed by atoms with E-state index in [0.29, 0.717) is 6.61 Å². The fourth-order valence-electron chi connectivity index (χ4n) is 2.63. The Morgan fingerprint density at radius 3 is 2.63 bits per heavy atom. The molecule has 0 aromatic carbocycles. The molecule has 2 saturated heterocycles. The lowest BCUT2D eigenvalue weighted by Gasteiger charge is -2.30. The lowest BCUT2D eigenvalue weighted by molar-refractivity contribution is -0.142. The second-order valence-electron chi connectivity index (χ2n) is 5.30. The minimum Gasteiger partial charge on any atom is -0.378 e. The van der Waals surface area contributed by atoms with Crippen LogP contribution in [0, 0.1) is 5.92 Å². The first-order valence-electron chi connectivity index (χ1n) is 6.94. The zero-order valence-corrected chi connectivity index (χ0v) is 11.7. The number of hydrogen-bond donors (Lipinski definition) is 1. The van der Waals surface area contributed by atoms with Crippen LogP contribution in [-0.2, 0) is 14.3 Å². The lowest BCUT2D eigenvalue weighted by atomic mass is 10.0. The van der Waals surface area contributed by atoms with Crippen LogP contribution >= 0.6 is 0 Å². The number of carbonyl (C=O) groups is 2. The van der Waals surface area contributed by atoms with Crippen LogP contribution in [0.15, 0.2) is 0 Å². The van der Waals surface area contributed by atoms with Gasteiger partial charge in [-0.25, -0.2) is 0 Å². The van der Waals surface area contributed by atoms with E-state index in [2.05, 4.69) is 5.32 Å². The molecule has 2 heterocycles. The molecule has 2 fully saturated rings. The molecule has 2 rings (SSSR count). The highest BCUT2D eigenvalue weighted by molar-refractivity contribution is 5.86. The Hall–Kier alpha value is -1.14. The van der Waals surface area contributed by atoms with E-state index in [4.69, 9.17) is 4.74 Å². The fraction of sp³-hybridized carbons (Fsp3) is 0.846. The predicted octanol–water partition coefficient (Wildman–Crippen LogP) is -0.698. The zero-order valence-electron chi connectivity index (χ0n) is 11.7. The van der Waals surface area contributed by atoms with Crippen LogP contribution in [-0.4, -0.2) is 74.1 Å². The van der Waals surface area contributed by atoms with E-state index >= 15 is 0 Å². The summed E-state index contributed by atoms with van der Waals surface area (Å²) < 4.78 is 5.41. The topological polar surface area (TPSA) is 61.9 Å². The maximum atomic E-state index is 12.2. The summed E-state index contributed by atoms with van der Waals surface area (Å²) in [6, 6.07) is 0. The minimum atomic E-state index is -0.0965. The van der Waals surface area contributed by atoms with Gasteiger partial charge in [0.15, 0.2) is 0 Å². The molecule has 0 bridgehead atoms. The van der Waals surface area contributed by atoms with Crippen LogP contribution in [0.1, 0.15) is 13.3 Å². The number of nitrogens with zero attached hydrogens (tertiary/aromatic N) is 2. The summed E-state index contributed by atoms with van der Waals surface area (Å²) in [6.45, 7) is 5.84. The Kier molecular flexibility index (Phi) is 4.76. The summed E-state index contributed by atoms with van der Waals surface area (Å²) in [5.41, 5.74) is 0. The van der Waals surface area contributed by atoms with Gasteiger partial charge in [0, 0.05) is 39.8 Å². The Balaban J connectivity index is 1.84. The van der Waals surface area contributed by atoms with Gasteiger partial charge in [-0.1, -0.05) is 0 Å². The average molecular weight is 269 g/mol. The molecule has 2 unspecified atom stereocenters. The molecular formula is C13H23N3O3. The summed E-state index contributed by atoms with van der Waals surface area (Å²) in [5, 5.41) is 3.21. The van der Waals surface area contributed by atoms with Crippen molar-refractivity contribution in [2.75, 3.05) is 46.4 Å². The molecule has 2 atom stereocenters. The second-order valence-corrected chi connectivity index (χ2v) is 5.30. The van der Waals surface area contributed by atoms with Gasteiger partial charge in [-0.3, -0.25) is 9.59 Å². The van der Waals surface area contributed by atoms with E-state index < -0.39 is 0 Å². The van der Waals surface area contributed by atoms with Gasteiger partial charge < -0.3 is 19.9 Å². The molecule has 2 aliphatic rings. The van der Waals surface area contributed by atoms with Crippen LogP contribution in [0.3, 0.4) is 0 Å². The largest absolute Gasteiger partial charge is 0.378 e. The first-order chi connectivity index (χ1) is 9.09. The summed E-state index contributed by atoms with van der Waals surface area (Å²) in [7, 11) is 1.70. The number of piperazine rings is 1. The van der Waals surface area contributed by atoms with E-state index in [1.165, 1.54) is 0 Å². The third-order valence-electron chi connectivity index (χ3n) is 3.91. The smallest absolute Gasteiger partial charge is 0.242 e.